The van der Waals surface area contributed by atoms with E-state index in [0.717, 1.165) is 0 Å². The maximum atomic E-state index is 7.57. The number of rotatable bonds is 0. The van der Waals surface area contributed by atoms with E-state index < -0.39 is 0 Å². The summed E-state index contributed by atoms with van der Waals surface area (Å²) < 4.78 is 0. The van der Waals surface area contributed by atoms with E-state index in [-0.39, 0.29) is 44.9 Å². The first-order valence-electron chi connectivity index (χ1n) is 1.02. The van der Waals surface area contributed by atoms with Crippen molar-refractivity contribution in [2.24, 2.45) is 0 Å². The van der Waals surface area contributed by atoms with Crippen molar-refractivity contribution < 1.29 is 7.96 Å². The van der Waals surface area contributed by atoms with E-state index in [0.29, 0.717) is 0 Å². The summed E-state index contributed by atoms with van der Waals surface area (Å²) >= 11 is 0. The molecule has 0 unspecified atom stereocenters. The van der Waals surface area contributed by atoms with Crippen LogP contribution in [0.1, 0.15) is 9.78 Å². The Morgan fingerprint density at radius 2 is 1.80 bits per heavy atom. The van der Waals surface area contributed by atoms with Gasteiger partial charge < -0.3 is 7.96 Å². The maximum Gasteiger partial charge on any atom is 2.00 e. The predicted octanol–water partition coefficient (Wildman–Crippen LogP) is 0.265. The summed E-state index contributed by atoms with van der Waals surface area (Å²) in [7, 11) is 0. The van der Waals surface area contributed by atoms with E-state index in [1.54, 1.807) is 6.92 Å². The van der Waals surface area contributed by atoms with E-state index in [4.69, 9.17) is 5.11 Å². The molecule has 0 aliphatic rings. The third-order valence-corrected chi connectivity index (χ3v) is 0. The van der Waals surface area contributed by atoms with Crippen molar-refractivity contribution >= 4 is 35.5 Å². The van der Waals surface area contributed by atoms with Crippen molar-refractivity contribution in [3.63, 3.8) is 0 Å². The molecule has 0 aromatic heterocycles. The predicted molar refractivity (Wildman–Crippen MR) is 28.0 cm³/mol. The second-order valence-electron chi connectivity index (χ2n) is 0.316. The Bertz CT molecular complexity index is 15.7. The Hall–Kier alpha value is 1.02. The summed E-state index contributed by atoms with van der Waals surface area (Å²) in [6.07, 6.45) is 0. The number of aliphatic hydroxyl groups is 1. The van der Waals surface area contributed by atoms with Gasteiger partial charge in [0.05, 0.1) is 0 Å². The zero-order chi connectivity index (χ0) is 2.71. The van der Waals surface area contributed by atoms with E-state index >= 15 is 0 Å². The fourth-order valence-corrected chi connectivity index (χ4v) is 0. The number of aliphatic hydroxyl groups excluding tert-OH is 1. The van der Waals surface area contributed by atoms with E-state index in [9.17, 15) is 0 Å². The van der Waals surface area contributed by atoms with Gasteiger partial charge in [-0.25, -0.2) is 0 Å². The molecule has 0 atom stereocenters. The van der Waals surface area contributed by atoms with Crippen LogP contribution in [0.15, 0.2) is 0 Å². The van der Waals surface area contributed by atoms with Crippen LogP contribution in [-0.4, -0.2) is 34.8 Å². The molecule has 0 saturated heterocycles. The van der Waals surface area contributed by atoms with Gasteiger partial charge in [0.1, 0.15) is 0 Å². The van der Waals surface area contributed by atoms with Crippen molar-refractivity contribution in [3.8, 4) is 0 Å². The monoisotopic (exact) mass is 108 g/mol. The minimum absolute atomic E-state index is 0. The Morgan fingerprint density at radius 3 is 1.80 bits per heavy atom. The summed E-state index contributed by atoms with van der Waals surface area (Å²) in [5.74, 6) is 0. The SMILES string of the molecule is CCO.Cl.[H-].[H-].[Mg+2]. The van der Waals surface area contributed by atoms with Crippen LogP contribution in [0.3, 0.4) is 0 Å². The molecule has 3 heteroatoms. The third-order valence-electron chi connectivity index (χ3n) is 0. The molecular formula is C2H9ClMgO. The summed E-state index contributed by atoms with van der Waals surface area (Å²) in [5, 5.41) is 7.57. The first kappa shape index (κ1) is 16.6. The molecule has 32 valence electrons. The summed E-state index contributed by atoms with van der Waals surface area (Å²) in [6, 6.07) is 0. The van der Waals surface area contributed by atoms with Gasteiger partial charge >= 0.3 is 23.1 Å². The van der Waals surface area contributed by atoms with Gasteiger partial charge in [-0.15, -0.1) is 12.4 Å². The van der Waals surface area contributed by atoms with Gasteiger partial charge in [0, 0.05) is 6.61 Å². The molecule has 0 aliphatic heterocycles. The fraction of sp³-hybridized carbons (Fsp3) is 1.00. The molecule has 0 fully saturated rings. The normalized spacial score (nSPS) is 3.60. The second kappa shape index (κ2) is 19.9. The molecule has 0 bridgehead atoms. The van der Waals surface area contributed by atoms with Crippen LogP contribution in [0.5, 0.6) is 0 Å². The van der Waals surface area contributed by atoms with Crippen LogP contribution in [0.4, 0.5) is 0 Å². The van der Waals surface area contributed by atoms with E-state index in [1.807, 2.05) is 0 Å². The average molecular weight is 109 g/mol. The minimum atomic E-state index is 0. The molecule has 1 nitrogen and oxygen atoms in total. The van der Waals surface area contributed by atoms with Crippen LogP contribution in [0.25, 0.3) is 0 Å². The fourth-order valence-electron chi connectivity index (χ4n) is 0. The van der Waals surface area contributed by atoms with Gasteiger partial charge in [-0.2, -0.15) is 0 Å². The van der Waals surface area contributed by atoms with Crippen molar-refractivity contribution in [2.75, 3.05) is 6.61 Å². The molecule has 0 saturated carbocycles. The molecular weight excluding hydrogens is 99.8 g/mol. The number of hydrogen-bond acceptors (Lipinski definition) is 1. The first-order chi connectivity index (χ1) is 1.41. The van der Waals surface area contributed by atoms with Crippen molar-refractivity contribution in [2.45, 2.75) is 6.92 Å². The first-order valence-corrected chi connectivity index (χ1v) is 1.02. The molecule has 0 amide bonds. The number of halogens is 1. The molecule has 5 heavy (non-hydrogen) atoms. The third kappa shape index (κ3) is 44.2. The van der Waals surface area contributed by atoms with Crippen molar-refractivity contribution in [1.29, 1.82) is 0 Å². The van der Waals surface area contributed by atoms with Crippen LogP contribution in [0.2, 0.25) is 0 Å². The molecule has 0 aliphatic carbocycles. The van der Waals surface area contributed by atoms with Crippen molar-refractivity contribution in [3.05, 3.63) is 0 Å². The molecule has 0 heterocycles. The molecule has 0 radical (unpaired) electrons. The van der Waals surface area contributed by atoms with E-state index in [1.165, 1.54) is 0 Å². The van der Waals surface area contributed by atoms with Crippen LogP contribution in [0, 0.1) is 0 Å². The minimum Gasteiger partial charge on any atom is -1.00 e. The Balaban J connectivity index is -0.00000000333. The molecule has 0 aromatic rings. The van der Waals surface area contributed by atoms with Gasteiger partial charge in [-0.05, 0) is 6.92 Å². The quantitative estimate of drug-likeness (QED) is 0.442. The molecule has 1 N–H and O–H groups in total. The van der Waals surface area contributed by atoms with Crippen LogP contribution in [-0.2, 0) is 0 Å². The standard InChI is InChI=1S/C2H6O.ClH.Mg.2H/c1-2-3;;;;/h3H,2H2,1H3;1H;;;/q;;+2;2*-1. The van der Waals surface area contributed by atoms with E-state index in [2.05, 4.69) is 0 Å². The molecule has 0 spiro atoms. The topological polar surface area (TPSA) is 20.2 Å². The van der Waals surface area contributed by atoms with Gasteiger partial charge in [0.25, 0.3) is 0 Å². The summed E-state index contributed by atoms with van der Waals surface area (Å²) in [6.45, 7) is 1.93. The van der Waals surface area contributed by atoms with Crippen molar-refractivity contribution in [1.82, 2.24) is 0 Å². The summed E-state index contributed by atoms with van der Waals surface area (Å²) in [5.41, 5.74) is 0. The maximum absolute atomic E-state index is 7.57. The Labute approximate surface area is 57.3 Å². The molecule has 0 aromatic carbocycles. The van der Waals surface area contributed by atoms with Gasteiger partial charge in [0.2, 0.25) is 0 Å². The summed E-state index contributed by atoms with van der Waals surface area (Å²) in [4.78, 5) is 0. The van der Waals surface area contributed by atoms with Crippen LogP contribution >= 0.6 is 12.4 Å². The van der Waals surface area contributed by atoms with Gasteiger partial charge in [-0.3, -0.25) is 0 Å². The second-order valence-corrected chi connectivity index (χ2v) is 0.316. The number of hydrogen-bond donors (Lipinski definition) is 1. The Morgan fingerprint density at radius 1 is 1.80 bits per heavy atom. The Kier molecular flexibility index (Phi) is 66.2. The average Bonchev–Trinajstić information content (AvgIpc) is 0.918. The zero-order valence-corrected chi connectivity index (χ0v) is 5.50. The van der Waals surface area contributed by atoms with Crippen LogP contribution < -0.4 is 0 Å². The molecule has 0 rings (SSSR count). The largest absolute Gasteiger partial charge is 2.00 e. The van der Waals surface area contributed by atoms with Gasteiger partial charge in [0.15, 0.2) is 0 Å². The van der Waals surface area contributed by atoms with Gasteiger partial charge in [-0.1, -0.05) is 0 Å². The smallest absolute Gasteiger partial charge is 1.00 e. The zero-order valence-electron chi connectivity index (χ0n) is 5.27.